The molecule has 1 amide bonds. The van der Waals surface area contributed by atoms with Crippen LogP contribution in [0.1, 0.15) is 13.3 Å². The molecule has 5 heteroatoms. The van der Waals surface area contributed by atoms with Gasteiger partial charge in [-0.25, -0.2) is 0 Å². The molecule has 1 N–H and O–H groups in total. The van der Waals surface area contributed by atoms with E-state index in [-0.39, 0.29) is 12.0 Å². The van der Waals surface area contributed by atoms with Crippen molar-refractivity contribution in [2.45, 2.75) is 19.4 Å². The van der Waals surface area contributed by atoms with E-state index in [4.69, 9.17) is 9.84 Å². The Labute approximate surface area is 81.6 Å². The molecule has 2 saturated heterocycles. The summed E-state index contributed by atoms with van der Waals surface area (Å²) >= 11 is 0. The summed E-state index contributed by atoms with van der Waals surface area (Å²) in [5.41, 5.74) is -0.842. The predicted octanol–water partition coefficient (Wildman–Crippen LogP) is -0.292. The number of carbonyl (C=O) groups is 2. The number of nitrogens with zero attached hydrogens (tertiary/aromatic N) is 1. The van der Waals surface area contributed by atoms with Crippen molar-refractivity contribution >= 4 is 11.9 Å². The van der Waals surface area contributed by atoms with Gasteiger partial charge >= 0.3 is 5.97 Å². The van der Waals surface area contributed by atoms with Crippen LogP contribution in [0.15, 0.2) is 0 Å². The average molecular weight is 199 g/mol. The largest absolute Gasteiger partial charge is 0.481 e. The molecule has 0 saturated carbocycles. The fourth-order valence-electron chi connectivity index (χ4n) is 2.27. The van der Waals surface area contributed by atoms with Crippen LogP contribution in [0.2, 0.25) is 0 Å². The highest BCUT2D eigenvalue weighted by Crippen LogP contribution is 2.41. The minimum absolute atomic E-state index is 0.0800. The van der Waals surface area contributed by atoms with E-state index in [9.17, 15) is 9.59 Å². The van der Waals surface area contributed by atoms with E-state index in [1.165, 1.54) is 6.92 Å². The molecule has 2 aliphatic heterocycles. The maximum atomic E-state index is 11.2. The van der Waals surface area contributed by atoms with Crippen molar-refractivity contribution in [1.29, 1.82) is 0 Å². The van der Waals surface area contributed by atoms with Gasteiger partial charge in [0.25, 0.3) is 0 Å². The van der Waals surface area contributed by atoms with Crippen LogP contribution in [0.25, 0.3) is 0 Å². The monoisotopic (exact) mass is 199 g/mol. The van der Waals surface area contributed by atoms with E-state index in [1.807, 2.05) is 0 Å². The average Bonchev–Trinajstić information content (AvgIpc) is 2.57. The van der Waals surface area contributed by atoms with E-state index < -0.39 is 11.4 Å². The quantitative estimate of drug-likeness (QED) is 0.630. The second kappa shape index (κ2) is 2.95. The maximum absolute atomic E-state index is 11.2. The van der Waals surface area contributed by atoms with E-state index in [0.717, 1.165) is 0 Å². The molecule has 2 rings (SSSR count). The molecule has 0 aromatic rings. The van der Waals surface area contributed by atoms with Gasteiger partial charge in [-0.1, -0.05) is 0 Å². The fraction of sp³-hybridized carbons (Fsp3) is 0.778. The number of amides is 1. The predicted molar refractivity (Wildman–Crippen MR) is 46.7 cm³/mol. The van der Waals surface area contributed by atoms with Gasteiger partial charge in [0.2, 0.25) is 5.91 Å². The highest BCUT2D eigenvalue weighted by molar-refractivity contribution is 5.80. The summed E-state index contributed by atoms with van der Waals surface area (Å²) in [6.07, 6.45) is 0.195. The van der Waals surface area contributed by atoms with Gasteiger partial charge in [-0.05, 0) is 6.42 Å². The van der Waals surface area contributed by atoms with Gasteiger partial charge in [-0.15, -0.1) is 0 Å². The Kier molecular flexibility index (Phi) is 1.99. The van der Waals surface area contributed by atoms with Crippen LogP contribution in [0.4, 0.5) is 0 Å². The summed E-state index contributed by atoms with van der Waals surface area (Å²) in [6, 6.07) is 0. The number of rotatable bonds is 1. The first-order chi connectivity index (χ1) is 6.56. The number of ether oxygens (including phenoxy) is 1. The van der Waals surface area contributed by atoms with Crippen molar-refractivity contribution in [2.24, 2.45) is 5.41 Å². The van der Waals surface area contributed by atoms with Crippen molar-refractivity contribution in [3.63, 3.8) is 0 Å². The summed E-state index contributed by atoms with van der Waals surface area (Å²) < 4.78 is 5.35. The van der Waals surface area contributed by atoms with Gasteiger partial charge in [0.1, 0.15) is 5.41 Å². The van der Waals surface area contributed by atoms with E-state index in [2.05, 4.69) is 0 Å². The maximum Gasteiger partial charge on any atom is 0.314 e. The highest BCUT2D eigenvalue weighted by Gasteiger charge is 2.56. The Morgan fingerprint density at radius 1 is 1.57 bits per heavy atom. The molecule has 2 fully saturated rings. The van der Waals surface area contributed by atoms with Crippen LogP contribution >= 0.6 is 0 Å². The van der Waals surface area contributed by atoms with Crippen molar-refractivity contribution in [1.82, 2.24) is 4.90 Å². The summed E-state index contributed by atoms with van der Waals surface area (Å²) in [4.78, 5) is 23.8. The van der Waals surface area contributed by atoms with Gasteiger partial charge in [-0.2, -0.15) is 0 Å². The molecule has 0 aromatic heterocycles. The Hall–Kier alpha value is -1.10. The summed E-state index contributed by atoms with van der Waals surface area (Å²) in [5.74, 6) is -0.924. The number of carbonyl (C=O) groups excluding carboxylic acids is 1. The molecular formula is C9H13NO4. The summed E-state index contributed by atoms with van der Waals surface area (Å²) in [6.45, 7) is 2.66. The molecule has 0 aromatic carbocycles. The first kappa shape index (κ1) is 9.45. The van der Waals surface area contributed by atoms with E-state index >= 15 is 0 Å². The van der Waals surface area contributed by atoms with Crippen LogP contribution < -0.4 is 0 Å². The van der Waals surface area contributed by atoms with Crippen molar-refractivity contribution in [2.75, 3.05) is 19.7 Å². The number of fused-ring (bicyclic) bond motifs is 1. The van der Waals surface area contributed by atoms with Crippen molar-refractivity contribution < 1.29 is 19.4 Å². The lowest BCUT2D eigenvalue weighted by molar-refractivity contribution is -0.150. The number of hydrogen-bond acceptors (Lipinski definition) is 3. The van der Waals surface area contributed by atoms with E-state index in [1.54, 1.807) is 4.90 Å². The third-order valence-corrected chi connectivity index (χ3v) is 3.21. The number of likely N-dealkylation sites (tertiary alicyclic amines) is 1. The first-order valence-corrected chi connectivity index (χ1v) is 4.67. The van der Waals surface area contributed by atoms with Gasteiger partial charge in [0, 0.05) is 26.6 Å². The van der Waals surface area contributed by atoms with Crippen LogP contribution in [0.3, 0.4) is 0 Å². The van der Waals surface area contributed by atoms with Gasteiger partial charge in [-0.3, -0.25) is 9.59 Å². The molecule has 2 atom stereocenters. The van der Waals surface area contributed by atoms with Gasteiger partial charge in [0.05, 0.1) is 6.10 Å². The normalized spacial score (nSPS) is 35.8. The third kappa shape index (κ3) is 1.12. The Morgan fingerprint density at radius 2 is 2.29 bits per heavy atom. The lowest BCUT2D eigenvalue weighted by atomic mass is 9.84. The first-order valence-electron chi connectivity index (χ1n) is 4.67. The molecule has 5 nitrogen and oxygen atoms in total. The second-order valence-electron chi connectivity index (χ2n) is 3.97. The standard InChI is InChI=1S/C9H13NO4/c1-6(11)10-4-7-9(5-10,8(12)13)2-3-14-7/h7H,2-5H2,1H3,(H,12,13)/t7-,9-/m0/s1. The van der Waals surface area contributed by atoms with Crippen LogP contribution in [0.5, 0.6) is 0 Å². The molecule has 0 unspecified atom stereocenters. The minimum atomic E-state index is -0.844. The van der Waals surface area contributed by atoms with Crippen LogP contribution in [-0.4, -0.2) is 47.7 Å². The van der Waals surface area contributed by atoms with E-state index in [0.29, 0.717) is 26.1 Å². The third-order valence-electron chi connectivity index (χ3n) is 3.21. The summed E-state index contributed by atoms with van der Waals surface area (Å²) in [5, 5.41) is 9.16. The zero-order valence-electron chi connectivity index (χ0n) is 8.02. The van der Waals surface area contributed by atoms with Gasteiger partial charge < -0.3 is 14.7 Å². The van der Waals surface area contributed by atoms with Crippen molar-refractivity contribution in [3.8, 4) is 0 Å². The lowest BCUT2D eigenvalue weighted by Crippen LogP contribution is -2.38. The summed E-state index contributed by atoms with van der Waals surface area (Å²) in [7, 11) is 0. The molecule has 78 valence electrons. The van der Waals surface area contributed by atoms with Crippen LogP contribution in [-0.2, 0) is 14.3 Å². The fourth-order valence-corrected chi connectivity index (χ4v) is 2.27. The Bertz CT molecular complexity index is 291. The molecule has 2 aliphatic rings. The smallest absolute Gasteiger partial charge is 0.314 e. The molecule has 2 heterocycles. The minimum Gasteiger partial charge on any atom is -0.481 e. The SMILES string of the molecule is CC(=O)N1C[C@@H]2OCC[C@]2(C(=O)O)C1. The Morgan fingerprint density at radius 3 is 2.79 bits per heavy atom. The second-order valence-corrected chi connectivity index (χ2v) is 3.97. The zero-order chi connectivity index (χ0) is 10.3. The molecular weight excluding hydrogens is 186 g/mol. The molecule has 0 radical (unpaired) electrons. The zero-order valence-corrected chi connectivity index (χ0v) is 8.02. The molecule has 0 aliphatic carbocycles. The topological polar surface area (TPSA) is 66.8 Å². The molecule has 14 heavy (non-hydrogen) atoms. The lowest BCUT2D eigenvalue weighted by Gasteiger charge is -2.20. The number of carboxylic acid groups (broad SMARTS) is 1. The van der Waals surface area contributed by atoms with Crippen LogP contribution in [0, 0.1) is 5.41 Å². The Balaban J connectivity index is 2.23. The number of hydrogen-bond donors (Lipinski definition) is 1. The number of aliphatic carboxylic acids is 1. The number of carboxylic acids is 1. The molecule has 0 bridgehead atoms. The highest BCUT2D eigenvalue weighted by atomic mass is 16.5. The van der Waals surface area contributed by atoms with Gasteiger partial charge in [0.15, 0.2) is 0 Å². The molecule has 0 spiro atoms. The van der Waals surface area contributed by atoms with Crippen molar-refractivity contribution in [3.05, 3.63) is 0 Å².